The second kappa shape index (κ2) is 61.9. The zero-order valence-electron chi connectivity index (χ0n) is 48.7. The van der Waals surface area contributed by atoms with Crippen molar-refractivity contribution in [1.29, 1.82) is 0 Å². The number of unbranched alkanes of at least 4 members (excludes halogenated alkanes) is 46. The Balaban J connectivity index is 3.36. The average molecular weight is 1010 g/mol. The van der Waals surface area contributed by atoms with Crippen LogP contribution in [0.4, 0.5) is 0 Å². The van der Waals surface area contributed by atoms with E-state index in [0.29, 0.717) is 25.9 Å². The predicted octanol–water partition coefficient (Wildman–Crippen LogP) is 20.6. The molecule has 3 N–H and O–H groups in total. The summed E-state index contributed by atoms with van der Waals surface area (Å²) in [6.07, 6.45) is 76.3. The molecule has 0 heterocycles. The number of rotatable bonds is 61. The minimum absolute atomic E-state index is 0.00149. The quantitative estimate of drug-likeness (QED) is 0.0320. The molecular formula is C66H127NO5. The number of aliphatic hydroxyl groups is 2. The monoisotopic (exact) mass is 1010 g/mol. The minimum Gasteiger partial charge on any atom is -0.466 e. The van der Waals surface area contributed by atoms with Crippen LogP contribution in [-0.4, -0.2) is 47.4 Å². The van der Waals surface area contributed by atoms with E-state index in [4.69, 9.17) is 4.74 Å². The highest BCUT2D eigenvalue weighted by Crippen LogP contribution is 2.19. The number of carbonyl (C=O) groups excluding carboxylic acids is 2. The summed E-state index contributed by atoms with van der Waals surface area (Å²) in [6.45, 7) is 4.91. The van der Waals surface area contributed by atoms with Crippen molar-refractivity contribution in [3.05, 3.63) is 24.3 Å². The van der Waals surface area contributed by atoms with E-state index in [-0.39, 0.29) is 18.5 Å². The lowest BCUT2D eigenvalue weighted by atomic mass is 10.0. The molecule has 0 fully saturated rings. The van der Waals surface area contributed by atoms with Crippen LogP contribution < -0.4 is 5.32 Å². The van der Waals surface area contributed by atoms with E-state index in [1.807, 2.05) is 0 Å². The van der Waals surface area contributed by atoms with Crippen LogP contribution in [0.2, 0.25) is 0 Å². The Kier molecular flexibility index (Phi) is 60.5. The summed E-state index contributed by atoms with van der Waals surface area (Å²) < 4.78 is 5.47. The number of hydrogen-bond acceptors (Lipinski definition) is 5. The zero-order chi connectivity index (χ0) is 52.2. The highest BCUT2D eigenvalue weighted by Gasteiger charge is 2.20. The van der Waals surface area contributed by atoms with Crippen molar-refractivity contribution >= 4 is 11.9 Å². The molecule has 0 aromatic heterocycles. The van der Waals surface area contributed by atoms with Crippen molar-refractivity contribution in [3.63, 3.8) is 0 Å². The van der Waals surface area contributed by atoms with Crippen molar-refractivity contribution in [2.75, 3.05) is 13.2 Å². The number of ether oxygens (including phenoxy) is 1. The number of esters is 1. The SMILES string of the molecule is CCC/C=C\C/C=C\CCCCCCCC(=O)OCCCCCCCCCCCCCCCCCCCCCCCCCCCC(=O)NC(CO)C(O)CCCCCCCCCCCCCCCCCCC. The smallest absolute Gasteiger partial charge is 0.305 e. The van der Waals surface area contributed by atoms with Gasteiger partial charge in [0.2, 0.25) is 5.91 Å². The lowest BCUT2D eigenvalue weighted by Gasteiger charge is -2.22. The Bertz CT molecular complexity index is 1120. The Hall–Kier alpha value is -1.66. The number of carbonyl (C=O) groups is 2. The fourth-order valence-electron chi connectivity index (χ4n) is 10.3. The lowest BCUT2D eigenvalue weighted by molar-refractivity contribution is -0.143. The molecule has 0 saturated carbocycles. The molecule has 6 nitrogen and oxygen atoms in total. The summed E-state index contributed by atoms with van der Waals surface area (Å²) in [5.74, 6) is -0.0288. The minimum atomic E-state index is -0.663. The second-order valence-electron chi connectivity index (χ2n) is 22.5. The van der Waals surface area contributed by atoms with Crippen molar-refractivity contribution in [1.82, 2.24) is 5.32 Å². The molecule has 72 heavy (non-hydrogen) atoms. The van der Waals surface area contributed by atoms with E-state index in [1.54, 1.807) is 0 Å². The highest BCUT2D eigenvalue weighted by molar-refractivity contribution is 5.76. The highest BCUT2D eigenvalue weighted by atomic mass is 16.5. The average Bonchev–Trinajstić information content (AvgIpc) is 3.38. The van der Waals surface area contributed by atoms with Gasteiger partial charge in [0.05, 0.1) is 25.4 Å². The van der Waals surface area contributed by atoms with Crippen LogP contribution in [0.1, 0.15) is 361 Å². The molecule has 426 valence electrons. The molecule has 0 radical (unpaired) electrons. The normalized spacial score (nSPS) is 12.7. The molecule has 0 bridgehead atoms. The van der Waals surface area contributed by atoms with E-state index >= 15 is 0 Å². The van der Waals surface area contributed by atoms with Crippen molar-refractivity contribution in [3.8, 4) is 0 Å². The van der Waals surface area contributed by atoms with Gasteiger partial charge in [-0.1, -0.05) is 321 Å². The van der Waals surface area contributed by atoms with E-state index in [2.05, 4.69) is 43.5 Å². The van der Waals surface area contributed by atoms with Crippen molar-refractivity contribution in [2.24, 2.45) is 0 Å². The van der Waals surface area contributed by atoms with Gasteiger partial charge in [-0.05, 0) is 51.4 Å². The van der Waals surface area contributed by atoms with Crippen molar-refractivity contribution in [2.45, 2.75) is 373 Å². The predicted molar refractivity (Wildman–Crippen MR) is 315 cm³/mol. The maximum absolute atomic E-state index is 12.5. The van der Waals surface area contributed by atoms with Crippen LogP contribution in [0.25, 0.3) is 0 Å². The fraction of sp³-hybridized carbons (Fsp3) is 0.909. The molecule has 1 amide bonds. The number of hydrogen-bond donors (Lipinski definition) is 3. The third kappa shape index (κ3) is 57.6. The lowest BCUT2D eigenvalue weighted by Crippen LogP contribution is -2.45. The van der Waals surface area contributed by atoms with E-state index in [1.165, 1.54) is 276 Å². The van der Waals surface area contributed by atoms with Gasteiger partial charge in [0.25, 0.3) is 0 Å². The standard InChI is InChI=1S/C66H127NO5/c1-3-5-7-9-11-13-15-17-18-28-31-35-38-42-46-50-54-58-64(69)63(62-68)67-65(70)59-55-51-47-43-39-36-32-29-26-24-22-20-19-21-23-25-27-30-33-37-41-45-49-53-57-61-72-66(71)60-56-52-48-44-40-34-16-14-12-10-8-6-4-2/h8,10,14,16,63-64,68-69H,3-7,9,11-13,15,17-62H2,1-2H3,(H,67,70)/b10-8-,16-14-. The van der Waals surface area contributed by atoms with Gasteiger partial charge in [0.15, 0.2) is 0 Å². The molecule has 2 unspecified atom stereocenters. The molecular weight excluding hydrogens is 887 g/mol. The fourth-order valence-corrected chi connectivity index (χ4v) is 10.3. The number of amides is 1. The van der Waals surface area contributed by atoms with E-state index in [0.717, 1.165) is 51.4 Å². The molecule has 6 heteroatoms. The van der Waals surface area contributed by atoms with Crippen LogP contribution in [-0.2, 0) is 14.3 Å². The van der Waals surface area contributed by atoms with Gasteiger partial charge < -0.3 is 20.3 Å². The molecule has 0 aromatic carbocycles. The van der Waals surface area contributed by atoms with Crippen LogP contribution in [0.5, 0.6) is 0 Å². The van der Waals surface area contributed by atoms with Gasteiger partial charge in [-0.25, -0.2) is 0 Å². The maximum Gasteiger partial charge on any atom is 0.305 e. The van der Waals surface area contributed by atoms with E-state index < -0.39 is 12.1 Å². The molecule has 0 spiro atoms. The van der Waals surface area contributed by atoms with Gasteiger partial charge >= 0.3 is 5.97 Å². The second-order valence-corrected chi connectivity index (χ2v) is 22.5. The summed E-state index contributed by atoms with van der Waals surface area (Å²) in [5, 5.41) is 23.3. The summed E-state index contributed by atoms with van der Waals surface area (Å²) in [6, 6.07) is -0.540. The largest absolute Gasteiger partial charge is 0.466 e. The Morgan fingerprint density at radius 2 is 0.722 bits per heavy atom. The van der Waals surface area contributed by atoms with Gasteiger partial charge in [-0.3, -0.25) is 9.59 Å². The van der Waals surface area contributed by atoms with Crippen LogP contribution in [0, 0.1) is 0 Å². The first kappa shape index (κ1) is 70.3. The number of allylic oxidation sites excluding steroid dienone is 4. The number of nitrogens with one attached hydrogen (secondary N) is 1. The first-order valence-corrected chi connectivity index (χ1v) is 32.6. The van der Waals surface area contributed by atoms with Gasteiger partial charge in [-0.2, -0.15) is 0 Å². The Morgan fingerprint density at radius 3 is 1.11 bits per heavy atom. The third-order valence-corrected chi connectivity index (χ3v) is 15.2. The molecule has 0 aliphatic carbocycles. The zero-order valence-corrected chi connectivity index (χ0v) is 48.7. The van der Waals surface area contributed by atoms with Gasteiger partial charge in [0, 0.05) is 12.8 Å². The first-order valence-electron chi connectivity index (χ1n) is 32.6. The third-order valence-electron chi connectivity index (χ3n) is 15.2. The van der Waals surface area contributed by atoms with Crippen LogP contribution in [0.3, 0.4) is 0 Å². The maximum atomic E-state index is 12.5. The summed E-state index contributed by atoms with van der Waals surface area (Å²) in [5.41, 5.74) is 0. The number of aliphatic hydroxyl groups excluding tert-OH is 2. The topological polar surface area (TPSA) is 95.9 Å². The molecule has 0 rings (SSSR count). The van der Waals surface area contributed by atoms with Crippen LogP contribution >= 0.6 is 0 Å². The van der Waals surface area contributed by atoms with Gasteiger partial charge in [0.1, 0.15) is 0 Å². The summed E-state index contributed by atoms with van der Waals surface area (Å²) in [7, 11) is 0. The molecule has 0 aromatic rings. The molecule has 0 saturated heterocycles. The Morgan fingerprint density at radius 1 is 0.389 bits per heavy atom. The molecule has 0 aliphatic rings. The molecule has 0 aliphatic heterocycles. The van der Waals surface area contributed by atoms with E-state index in [9.17, 15) is 19.8 Å². The summed E-state index contributed by atoms with van der Waals surface area (Å²) >= 11 is 0. The first-order chi connectivity index (χ1) is 35.5. The molecule has 2 atom stereocenters. The Labute approximate surface area is 450 Å². The van der Waals surface area contributed by atoms with Crippen molar-refractivity contribution < 1.29 is 24.5 Å². The van der Waals surface area contributed by atoms with Gasteiger partial charge in [-0.15, -0.1) is 0 Å². The van der Waals surface area contributed by atoms with Crippen LogP contribution in [0.15, 0.2) is 24.3 Å². The summed E-state index contributed by atoms with van der Waals surface area (Å²) in [4.78, 5) is 24.5.